The van der Waals surface area contributed by atoms with Gasteiger partial charge >= 0.3 is 0 Å². The van der Waals surface area contributed by atoms with Gasteiger partial charge in [-0.25, -0.2) is 19.6 Å². The van der Waals surface area contributed by atoms with Gasteiger partial charge in [-0.15, -0.1) is 0 Å². The van der Waals surface area contributed by atoms with E-state index in [1.807, 2.05) is 40.0 Å². The van der Waals surface area contributed by atoms with E-state index in [0.29, 0.717) is 48.0 Å². The number of nitriles is 1. The van der Waals surface area contributed by atoms with Crippen molar-refractivity contribution in [2.24, 2.45) is 0 Å². The number of amides is 1. The van der Waals surface area contributed by atoms with Gasteiger partial charge in [-0.3, -0.25) is 14.3 Å². The van der Waals surface area contributed by atoms with Crippen molar-refractivity contribution in [1.29, 1.82) is 5.26 Å². The summed E-state index contributed by atoms with van der Waals surface area (Å²) in [6, 6.07) is 17.8. The lowest BCUT2D eigenvalue weighted by molar-refractivity contribution is -0.127. The van der Waals surface area contributed by atoms with E-state index in [1.165, 1.54) is 10.7 Å². The van der Waals surface area contributed by atoms with E-state index < -0.39 is 0 Å². The summed E-state index contributed by atoms with van der Waals surface area (Å²) in [7, 11) is 0. The number of rotatable bonds is 8. The van der Waals surface area contributed by atoms with Crippen LogP contribution < -0.4 is 5.56 Å². The van der Waals surface area contributed by atoms with Crippen LogP contribution in [0.1, 0.15) is 24.1 Å². The zero-order chi connectivity index (χ0) is 28.2. The van der Waals surface area contributed by atoms with Crippen molar-refractivity contribution >= 4 is 5.91 Å². The molecule has 4 aromatic heterocycles. The van der Waals surface area contributed by atoms with Crippen LogP contribution in [0.5, 0.6) is 0 Å². The third-order valence-electron chi connectivity index (χ3n) is 6.89. The van der Waals surface area contributed by atoms with Gasteiger partial charge in [-0.2, -0.15) is 15.5 Å². The molecule has 0 unspecified atom stereocenters. The van der Waals surface area contributed by atoms with Crippen molar-refractivity contribution in [3.8, 4) is 40.0 Å². The SMILES string of the molecule is N#Cc1cccc(-c2ccc(=O)n(Cc3cccc(-c4ncc(-c5cnn(CCN6CCCC6=O)c5)cn4)n3)n2)c1. The molecule has 0 spiro atoms. The average molecular weight is 544 g/mol. The van der Waals surface area contributed by atoms with Crippen LogP contribution in [0.25, 0.3) is 33.9 Å². The minimum Gasteiger partial charge on any atom is -0.341 e. The molecule has 6 rings (SSSR count). The summed E-state index contributed by atoms with van der Waals surface area (Å²) in [6.07, 6.45) is 8.70. The standard InChI is InChI=1S/C30H25N9O2/c31-15-21-4-1-5-22(14-21)26-9-10-29(41)39(36-26)20-25-6-2-7-27(35-25)30-32-16-23(17-33-30)24-18-34-38(19-24)13-12-37-11-3-8-28(37)40/h1-2,4-7,9-10,14,16-19H,3,8,11-13,20H2. The molecule has 1 fully saturated rings. The second-order valence-corrected chi connectivity index (χ2v) is 9.69. The molecule has 11 heteroatoms. The van der Waals surface area contributed by atoms with Gasteiger partial charge in [0.1, 0.15) is 5.69 Å². The van der Waals surface area contributed by atoms with Crippen LogP contribution in [0.3, 0.4) is 0 Å². The molecule has 1 amide bonds. The molecule has 11 nitrogen and oxygen atoms in total. The Morgan fingerprint density at radius 2 is 1.73 bits per heavy atom. The van der Waals surface area contributed by atoms with Gasteiger partial charge in [-0.05, 0) is 36.8 Å². The molecule has 5 aromatic rings. The predicted molar refractivity (Wildman–Crippen MR) is 150 cm³/mol. The quantitative estimate of drug-likeness (QED) is 0.291. The average Bonchev–Trinajstić information content (AvgIpc) is 3.66. The third kappa shape index (κ3) is 5.77. The van der Waals surface area contributed by atoms with Crippen LogP contribution in [0.15, 0.2) is 84.2 Å². The van der Waals surface area contributed by atoms with Crippen molar-refractivity contribution in [3.63, 3.8) is 0 Å². The number of carbonyl (C=O) groups is 1. The summed E-state index contributed by atoms with van der Waals surface area (Å²) < 4.78 is 3.17. The fourth-order valence-electron chi connectivity index (χ4n) is 4.72. The monoisotopic (exact) mass is 543 g/mol. The number of benzene rings is 1. The van der Waals surface area contributed by atoms with Gasteiger partial charge in [0, 0.05) is 60.9 Å². The van der Waals surface area contributed by atoms with Crippen molar-refractivity contribution in [3.05, 3.63) is 101 Å². The molecule has 0 radical (unpaired) electrons. The van der Waals surface area contributed by atoms with E-state index in [9.17, 15) is 14.9 Å². The van der Waals surface area contributed by atoms with Crippen molar-refractivity contribution < 1.29 is 4.79 Å². The first-order valence-electron chi connectivity index (χ1n) is 13.2. The van der Waals surface area contributed by atoms with Crippen LogP contribution in [0.4, 0.5) is 0 Å². The number of hydrogen-bond acceptors (Lipinski definition) is 8. The molecule has 202 valence electrons. The summed E-state index contributed by atoms with van der Waals surface area (Å²) in [5.74, 6) is 0.663. The molecule has 0 saturated carbocycles. The first kappa shape index (κ1) is 25.8. The lowest BCUT2D eigenvalue weighted by Crippen LogP contribution is -2.28. The van der Waals surface area contributed by atoms with E-state index >= 15 is 0 Å². The Morgan fingerprint density at radius 3 is 2.54 bits per heavy atom. The maximum absolute atomic E-state index is 12.6. The Bertz CT molecular complexity index is 1820. The van der Waals surface area contributed by atoms with E-state index in [0.717, 1.165) is 29.7 Å². The molecule has 0 bridgehead atoms. The van der Waals surface area contributed by atoms with Gasteiger partial charge in [0.05, 0.1) is 42.3 Å². The molecule has 1 aliphatic heterocycles. The first-order valence-corrected chi connectivity index (χ1v) is 13.2. The second kappa shape index (κ2) is 11.3. The molecule has 0 aliphatic carbocycles. The molecule has 1 aromatic carbocycles. The minimum absolute atomic E-state index is 0.165. The smallest absolute Gasteiger partial charge is 0.267 e. The molecule has 5 heterocycles. The fraction of sp³-hybridized carbons (Fsp3) is 0.200. The van der Waals surface area contributed by atoms with Crippen molar-refractivity contribution in [1.82, 2.24) is 39.4 Å². The number of hydrogen-bond donors (Lipinski definition) is 0. The number of pyridine rings is 1. The van der Waals surface area contributed by atoms with E-state index in [2.05, 4.69) is 31.2 Å². The Labute approximate surface area is 235 Å². The van der Waals surface area contributed by atoms with Crippen LogP contribution in [-0.2, 0) is 17.9 Å². The van der Waals surface area contributed by atoms with E-state index in [-0.39, 0.29) is 18.0 Å². The van der Waals surface area contributed by atoms with Gasteiger partial charge in [-0.1, -0.05) is 18.2 Å². The highest BCUT2D eigenvalue weighted by molar-refractivity contribution is 5.78. The maximum Gasteiger partial charge on any atom is 0.267 e. The predicted octanol–water partition coefficient (Wildman–Crippen LogP) is 3.17. The summed E-state index contributed by atoms with van der Waals surface area (Å²) >= 11 is 0. The molecular formula is C30H25N9O2. The van der Waals surface area contributed by atoms with E-state index in [1.54, 1.807) is 42.9 Å². The highest BCUT2D eigenvalue weighted by Gasteiger charge is 2.19. The van der Waals surface area contributed by atoms with E-state index in [4.69, 9.17) is 0 Å². The Balaban J connectivity index is 1.16. The number of aromatic nitrogens is 7. The third-order valence-corrected chi connectivity index (χ3v) is 6.89. The van der Waals surface area contributed by atoms with Gasteiger partial charge in [0.25, 0.3) is 5.56 Å². The maximum atomic E-state index is 12.6. The molecule has 41 heavy (non-hydrogen) atoms. The van der Waals surface area contributed by atoms with Crippen LogP contribution >= 0.6 is 0 Å². The topological polar surface area (TPSA) is 135 Å². The largest absolute Gasteiger partial charge is 0.341 e. The summed E-state index contributed by atoms with van der Waals surface area (Å²) in [5, 5.41) is 18.1. The van der Waals surface area contributed by atoms with Gasteiger partial charge in [0.15, 0.2) is 5.82 Å². The Morgan fingerprint density at radius 1 is 0.878 bits per heavy atom. The molecule has 0 atom stereocenters. The fourth-order valence-corrected chi connectivity index (χ4v) is 4.72. The lowest BCUT2D eigenvalue weighted by Gasteiger charge is -2.14. The first-order chi connectivity index (χ1) is 20.1. The zero-order valence-corrected chi connectivity index (χ0v) is 22.1. The highest BCUT2D eigenvalue weighted by atomic mass is 16.2. The van der Waals surface area contributed by atoms with Crippen LogP contribution in [0.2, 0.25) is 0 Å². The lowest BCUT2D eigenvalue weighted by atomic mass is 10.1. The molecule has 0 N–H and O–H groups in total. The van der Waals surface area contributed by atoms with Crippen LogP contribution in [-0.4, -0.2) is 58.4 Å². The molecular weight excluding hydrogens is 518 g/mol. The summed E-state index contributed by atoms with van der Waals surface area (Å²) in [6.45, 7) is 2.26. The second-order valence-electron chi connectivity index (χ2n) is 9.69. The minimum atomic E-state index is -0.259. The van der Waals surface area contributed by atoms with Gasteiger partial charge < -0.3 is 4.90 Å². The number of likely N-dealkylation sites (tertiary alicyclic amines) is 1. The highest BCUT2D eigenvalue weighted by Crippen LogP contribution is 2.20. The zero-order valence-electron chi connectivity index (χ0n) is 22.1. The number of carbonyl (C=O) groups excluding carboxylic acids is 1. The number of nitrogens with zero attached hydrogens (tertiary/aromatic N) is 9. The Kier molecular flexibility index (Phi) is 7.11. The van der Waals surface area contributed by atoms with Crippen molar-refractivity contribution in [2.45, 2.75) is 25.9 Å². The van der Waals surface area contributed by atoms with Crippen molar-refractivity contribution in [2.75, 3.05) is 13.1 Å². The molecule has 1 aliphatic rings. The summed E-state index contributed by atoms with van der Waals surface area (Å²) in [5.41, 5.74) is 4.51. The summed E-state index contributed by atoms with van der Waals surface area (Å²) in [4.78, 5) is 40.0. The Hall–Kier alpha value is -5.50. The van der Waals surface area contributed by atoms with Gasteiger partial charge in [0.2, 0.25) is 5.91 Å². The van der Waals surface area contributed by atoms with Crippen LogP contribution in [0, 0.1) is 11.3 Å². The molecule has 1 saturated heterocycles. The normalized spacial score (nSPS) is 13.0.